The van der Waals surface area contributed by atoms with E-state index in [1.165, 1.54) is 0 Å². The van der Waals surface area contributed by atoms with Crippen LogP contribution in [-0.4, -0.2) is 57.2 Å². The molecule has 7 heteroatoms. The fourth-order valence-corrected chi connectivity index (χ4v) is 3.36. The molecule has 0 aliphatic carbocycles. The van der Waals surface area contributed by atoms with Gasteiger partial charge in [-0.05, 0) is 25.4 Å². The van der Waals surface area contributed by atoms with Crippen LogP contribution in [0.4, 0.5) is 0 Å². The minimum absolute atomic E-state index is 0.00434. The summed E-state index contributed by atoms with van der Waals surface area (Å²) in [5.74, 6) is 0.480. The lowest BCUT2D eigenvalue weighted by molar-refractivity contribution is -0.122. The Morgan fingerprint density at radius 2 is 2.08 bits per heavy atom. The molecule has 1 N–H and O–H groups in total. The van der Waals surface area contributed by atoms with Crippen LogP contribution in [0.15, 0.2) is 12.4 Å². The maximum atomic E-state index is 12.0. The fraction of sp³-hybridized carbons (Fsp3) is 0.667. The Hall–Kier alpha value is -2.02. The Bertz CT molecular complexity index is 748. The predicted molar refractivity (Wildman–Crippen MR) is 97.3 cm³/mol. The van der Waals surface area contributed by atoms with Crippen LogP contribution in [-0.2, 0) is 11.3 Å². The third-order valence-corrected chi connectivity index (χ3v) is 4.51. The molecule has 0 aromatic carbocycles. The van der Waals surface area contributed by atoms with Crippen LogP contribution < -0.4 is 5.32 Å². The summed E-state index contributed by atoms with van der Waals surface area (Å²) in [7, 11) is 2.13. The first-order chi connectivity index (χ1) is 11.8. The first kappa shape index (κ1) is 17.8. The molecule has 1 saturated heterocycles. The average molecular weight is 344 g/mol. The number of amides is 1. The number of carbonyl (C=O) groups is 1. The Morgan fingerprint density at radius 3 is 2.76 bits per heavy atom. The van der Waals surface area contributed by atoms with Crippen molar-refractivity contribution in [2.45, 2.75) is 46.1 Å². The highest BCUT2D eigenvalue weighted by Gasteiger charge is 2.27. The molecule has 0 radical (unpaired) electrons. The summed E-state index contributed by atoms with van der Waals surface area (Å²) in [5, 5.41) is 7.77. The molecular weight excluding hydrogens is 316 g/mol. The van der Waals surface area contributed by atoms with Crippen molar-refractivity contribution in [2.75, 3.05) is 26.7 Å². The fourth-order valence-electron chi connectivity index (χ4n) is 3.36. The van der Waals surface area contributed by atoms with Crippen LogP contribution in [0.3, 0.4) is 0 Å². The molecule has 2 aromatic heterocycles. The van der Waals surface area contributed by atoms with Gasteiger partial charge in [0.2, 0.25) is 5.91 Å². The van der Waals surface area contributed by atoms with Crippen LogP contribution in [0.5, 0.6) is 0 Å². The number of nitrogens with one attached hydrogen (secondary N) is 1. The van der Waals surface area contributed by atoms with Gasteiger partial charge >= 0.3 is 0 Å². The van der Waals surface area contributed by atoms with Gasteiger partial charge < -0.3 is 10.2 Å². The number of fused-ring (bicyclic) bond motifs is 1. The van der Waals surface area contributed by atoms with Crippen molar-refractivity contribution in [3.8, 4) is 0 Å². The third kappa shape index (κ3) is 4.34. The van der Waals surface area contributed by atoms with E-state index in [-0.39, 0.29) is 11.3 Å². The topological polar surface area (TPSA) is 75.9 Å². The quantitative estimate of drug-likeness (QED) is 0.895. The van der Waals surface area contributed by atoms with Gasteiger partial charge in [-0.25, -0.2) is 14.6 Å². The maximum absolute atomic E-state index is 12.0. The van der Waals surface area contributed by atoms with E-state index in [2.05, 4.69) is 48.0 Å². The van der Waals surface area contributed by atoms with Crippen LogP contribution in [0.25, 0.3) is 11.2 Å². The van der Waals surface area contributed by atoms with Gasteiger partial charge in [0.15, 0.2) is 5.65 Å². The van der Waals surface area contributed by atoms with Crippen molar-refractivity contribution in [2.24, 2.45) is 5.41 Å². The molecule has 0 bridgehead atoms. The molecular formula is C18H28N6O. The first-order valence-electron chi connectivity index (χ1n) is 8.96. The SMILES string of the molecule is CN1CC[C@@H](c2nn(CCNC(=O)CC(C)(C)C)c3nccnc23)C1. The lowest BCUT2D eigenvalue weighted by atomic mass is 9.92. The van der Waals surface area contributed by atoms with Crippen molar-refractivity contribution in [1.82, 2.24) is 30.0 Å². The number of rotatable bonds is 5. The van der Waals surface area contributed by atoms with Gasteiger partial charge in [-0.15, -0.1) is 0 Å². The molecule has 1 aliphatic heterocycles. The maximum Gasteiger partial charge on any atom is 0.220 e. The Balaban J connectivity index is 1.70. The number of carbonyl (C=O) groups excluding carboxylic acids is 1. The number of likely N-dealkylation sites (tertiary alicyclic amines) is 1. The lowest BCUT2D eigenvalue weighted by Crippen LogP contribution is -2.30. The zero-order valence-corrected chi connectivity index (χ0v) is 15.6. The van der Waals surface area contributed by atoms with Crippen molar-refractivity contribution < 1.29 is 4.79 Å². The van der Waals surface area contributed by atoms with Gasteiger partial charge in [-0.3, -0.25) is 4.79 Å². The molecule has 1 atom stereocenters. The molecule has 3 rings (SSSR count). The van der Waals surface area contributed by atoms with Crippen molar-refractivity contribution in [1.29, 1.82) is 0 Å². The van der Waals surface area contributed by atoms with Crippen molar-refractivity contribution >= 4 is 17.1 Å². The minimum Gasteiger partial charge on any atom is -0.354 e. The lowest BCUT2D eigenvalue weighted by Gasteiger charge is -2.17. The van der Waals surface area contributed by atoms with Crippen LogP contribution >= 0.6 is 0 Å². The van der Waals surface area contributed by atoms with Gasteiger partial charge in [0.05, 0.1) is 12.2 Å². The van der Waals surface area contributed by atoms with Crippen LogP contribution in [0.2, 0.25) is 0 Å². The molecule has 25 heavy (non-hydrogen) atoms. The second-order valence-electron chi connectivity index (χ2n) is 8.17. The molecule has 3 heterocycles. The summed E-state index contributed by atoms with van der Waals surface area (Å²) >= 11 is 0. The van der Waals surface area contributed by atoms with E-state index in [1.807, 2.05) is 4.68 Å². The van der Waals surface area contributed by atoms with Gasteiger partial charge in [0.1, 0.15) is 5.52 Å². The minimum atomic E-state index is -0.00434. The molecule has 136 valence electrons. The zero-order chi connectivity index (χ0) is 18.0. The molecule has 0 saturated carbocycles. The predicted octanol–water partition coefficient (Wildman–Crippen LogP) is 1.80. The molecule has 1 aliphatic rings. The monoisotopic (exact) mass is 344 g/mol. The number of likely N-dealkylation sites (N-methyl/N-ethyl adjacent to an activating group) is 1. The summed E-state index contributed by atoms with van der Waals surface area (Å²) in [6.45, 7) is 9.43. The smallest absolute Gasteiger partial charge is 0.220 e. The number of hydrogen-bond acceptors (Lipinski definition) is 5. The molecule has 1 fully saturated rings. The molecule has 2 aromatic rings. The molecule has 1 amide bonds. The number of aromatic nitrogens is 4. The summed E-state index contributed by atoms with van der Waals surface area (Å²) in [6, 6.07) is 0. The van der Waals surface area contributed by atoms with E-state index >= 15 is 0 Å². The number of hydrogen-bond donors (Lipinski definition) is 1. The molecule has 0 spiro atoms. The normalized spacial score (nSPS) is 18.8. The summed E-state index contributed by atoms with van der Waals surface area (Å²) < 4.78 is 1.88. The van der Waals surface area contributed by atoms with E-state index in [0.29, 0.717) is 25.4 Å². The molecule has 0 unspecified atom stereocenters. The van der Waals surface area contributed by atoms with Crippen molar-refractivity contribution in [3.63, 3.8) is 0 Å². The first-order valence-corrected chi connectivity index (χ1v) is 8.96. The highest BCUT2D eigenvalue weighted by atomic mass is 16.1. The highest BCUT2D eigenvalue weighted by molar-refractivity contribution is 5.76. The van der Waals surface area contributed by atoms with E-state index in [1.54, 1.807) is 12.4 Å². The van der Waals surface area contributed by atoms with Crippen LogP contribution in [0.1, 0.15) is 45.2 Å². The van der Waals surface area contributed by atoms with Gasteiger partial charge in [-0.2, -0.15) is 5.10 Å². The Morgan fingerprint density at radius 1 is 1.32 bits per heavy atom. The standard InChI is InChI=1S/C18H28N6O/c1-18(2,3)11-14(25)19-8-10-24-17-16(20-6-7-21-17)15(22-24)13-5-9-23(4)12-13/h6-7,13H,5,8-12H2,1-4H3,(H,19,25)/t13-/m1/s1. The largest absolute Gasteiger partial charge is 0.354 e. The Labute approximate surface area is 148 Å². The highest BCUT2D eigenvalue weighted by Crippen LogP contribution is 2.29. The zero-order valence-electron chi connectivity index (χ0n) is 15.6. The average Bonchev–Trinajstić information content (AvgIpc) is 3.10. The van der Waals surface area contributed by atoms with Gasteiger partial charge in [0, 0.05) is 37.8 Å². The van der Waals surface area contributed by atoms with Gasteiger partial charge in [0.25, 0.3) is 0 Å². The Kier molecular flexibility index (Phi) is 5.03. The summed E-state index contributed by atoms with van der Waals surface area (Å²) in [4.78, 5) is 23.3. The second kappa shape index (κ2) is 7.07. The van der Waals surface area contributed by atoms with Gasteiger partial charge in [-0.1, -0.05) is 20.8 Å². The van der Waals surface area contributed by atoms with E-state index in [4.69, 9.17) is 5.10 Å². The molecule has 7 nitrogen and oxygen atoms in total. The summed E-state index contributed by atoms with van der Waals surface area (Å²) in [6.07, 6.45) is 5.04. The van der Waals surface area contributed by atoms with Crippen LogP contribution in [0, 0.1) is 5.41 Å². The number of nitrogens with zero attached hydrogens (tertiary/aromatic N) is 5. The van der Waals surface area contributed by atoms with E-state index in [0.717, 1.165) is 36.4 Å². The van der Waals surface area contributed by atoms with E-state index in [9.17, 15) is 4.79 Å². The third-order valence-electron chi connectivity index (χ3n) is 4.51. The van der Waals surface area contributed by atoms with E-state index < -0.39 is 0 Å². The second-order valence-corrected chi connectivity index (χ2v) is 8.17. The summed E-state index contributed by atoms with van der Waals surface area (Å²) in [5.41, 5.74) is 2.73. The van der Waals surface area contributed by atoms with Crippen molar-refractivity contribution in [3.05, 3.63) is 18.1 Å².